The number of nitrogens with zero attached hydrogens (tertiary/aromatic N) is 5. The zero-order valence-electron chi connectivity index (χ0n) is 16.9. The fraction of sp³-hybridized carbons (Fsp3) is 0.333. The lowest BCUT2D eigenvalue weighted by atomic mass is 10.1. The summed E-state index contributed by atoms with van der Waals surface area (Å²) in [6.07, 6.45) is 13.5. The number of aliphatic imine (C=N–C) groups is 1. The maximum atomic E-state index is 12.1. The van der Waals surface area contributed by atoms with Gasteiger partial charge in [0, 0.05) is 18.9 Å². The molecule has 0 aliphatic heterocycles. The third kappa shape index (κ3) is 7.33. The van der Waals surface area contributed by atoms with E-state index in [-0.39, 0.29) is 5.92 Å². The smallest absolute Gasteiger partial charge is 0.298 e. The van der Waals surface area contributed by atoms with Crippen LogP contribution in [0.2, 0.25) is 0 Å². The predicted molar refractivity (Wildman–Crippen MR) is 111 cm³/mol. The molecule has 2 rings (SSSR count). The van der Waals surface area contributed by atoms with Crippen molar-refractivity contribution in [2.75, 3.05) is 20.4 Å². The molecule has 2 heterocycles. The lowest BCUT2D eigenvalue weighted by molar-refractivity contribution is 0.0682. The van der Waals surface area contributed by atoms with Crippen LogP contribution < -0.4 is 0 Å². The van der Waals surface area contributed by atoms with Crippen molar-refractivity contribution in [3.05, 3.63) is 66.7 Å². The summed E-state index contributed by atoms with van der Waals surface area (Å²) in [5, 5.41) is 4.62. The zero-order valence-corrected chi connectivity index (χ0v) is 16.9. The van der Waals surface area contributed by atoms with Gasteiger partial charge in [-0.1, -0.05) is 31.2 Å². The molecule has 0 bridgehead atoms. The average Bonchev–Trinajstić information content (AvgIpc) is 3.13. The molecule has 0 N–H and O–H groups in total. The Bertz CT molecular complexity index is 859. The van der Waals surface area contributed by atoms with E-state index < -0.39 is 6.67 Å². The lowest BCUT2D eigenvalue weighted by Gasteiger charge is -2.08. The van der Waals surface area contributed by atoms with Gasteiger partial charge < -0.3 is 9.47 Å². The number of hydrogen-bond donors (Lipinski definition) is 0. The highest BCUT2D eigenvalue weighted by Crippen LogP contribution is 2.15. The van der Waals surface area contributed by atoms with Crippen LogP contribution >= 0.6 is 0 Å². The Hall–Kier alpha value is -3.29. The molecule has 0 saturated carbocycles. The molecule has 0 spiro atoms. The molecule has 0 aliphatic carbocycles. The maximum Gasteiger partial charge on any atom is 0.298 e. The number of halogens is 1. The van der Waals surface area contributed by atoms with Gasteiger partial charge in [0.15, 0.2) is 5.82 Å². The highest BCUT2D eigenvalue weighted by Gasteiger charge is 2.11. The van der Waals surface area contributed by atoms with Gasteiger partial charge >= 0.3 is 0 Å². The van der Waals surface area contributed by atoms with Crippen LogP contribution in [0.1, 0.15) is 19.5 Å². The largest absolute Gasteiger partial charge is 0.468 e. The summed E-state index contributed by atoms with van der Waals surface area (Å²) >= 11 is 0. The van der Waals surface area contributed by atoms with Crippen LogP contribution in [0, 0.1) is 5.92 Å². The Morgan fingerprint density at radius 2 is 2.10 bits per heavy atom. The van der Waals surface area contributed by atoms with Gasteiger partial charge in [-0.05, 0) is 25.0 Å². The van der Waals surface area contributed by atoms with Crippen LogP contribution in [0.15, 0.2) is 66.0 Å². The van der Waals surface area contributed by atoms with Crippen molar-refractivity contribution in [3.63, 3.8) is 0 Å². The van der Waals surface area contributed by atoms with Crippen LogP contribution in [-0.4, -0.2) is 46.4 Å². The highest BCUT2D eigenvalue weighted by molar-refractivity contribution is 5.79. The number of rotatable bonds is 11. The quantitative estimate of drug-likeness (QED) is 0.325. The summed E-state index contributed by atoms with van der Waals surface area (Å²) in [6.45, 7) is 4.55. The van der Waals surface area contributed by atoms with E-state index in [0.717, 1.165) is 5.69 Å². The molecule has 0 saturated heterocycles. The maximum absolute atomic E-state index is 12.1. The monoisotopic (exact) mass is 399 g/mol. The topological polar surface area (TPSA) is 74.4 Å². The fourth-order valence-electron chi connectivity index (χ4n) is 2.41. The first kappa shape index (κ1) is 22.0. The molecule has 0 fully saturated rings. The van der Waals surface area contributed by atoms with E-state index in [4.69, 9.17) is 9.47 Å². The predicted octanol–water partition coefficient (Wildman–Crippen LogP) is 3.96. The minimum atomic E-state index is -0.475. The number of allylic oxidation sites excluding steroid dienone is 4. The third-order valence-corrected chi connectivity index (χ3v) is 3.72. The number of methoxy groups -OCH3 is 1. The van der Waals surface area contributed by atoms with E-state index in [1.165, 1.54) is 19.4 Å². The number of ether oxygens (including phenoxy) is 2. The van der Waals surface area contributed by atoms with Crippen molar-refractivity contribution >= 4 is 6.21 Å². The van der Waals surface area contributed by atoms with Gasteiger partial charge in [0.2, 0.25) is 0 Å². The first-order valence-corrected chi connectivity index (χ1v) is 9.32. The van der Waals surface area contributed by atoms with Crippen LogP contribution in [0.4, 0.5) is 4.39 Å². The molecule has 7 nitrogen and oxygen atoms in total. The number of aromatic nitrogens is 4. The van der Waals surface area contributed by atoms with Gasteiger partial charge in [-0.25, -0.2) is 14.4 Å². The molecule has 0 amide bonds. The molecule has 1 unspecified atom stereocenters. The van der Waals surface area contributed by atoms with Gasteiger partial charge in [-0.2, -0.15) is 5.10 Å². The molecule has 154 valence electrons. The van der Waals surface area contributed by atoms with Gasteiger partial charge in [0.25, 0.3) is 5.95 Å². The van der Waals surface area contributed by atoms with E-state index in [9.17, 15) is 4.39 Å². The van der Waals surface area contributed by atoms with Crippen molar-refractivity contribution in [2.24, 2.45) is 10.9 Å². The second kappa shape index (κ2) is 12.2. The van der Waals surface area contributed by atoms with E-state index in [0.29, 0.717) is 30.6 Å². The first-order chi connectivity index (χ1) is 14.2. The van der Waals surface area contributed by atoms with Crippen LogP contribution in [-0.2, 0) is 16.0 Å². The second-order valence-corrected chi connectivity index (χ2v) is 6.02. The third-order valence-electron chi connectivity index (χ3n) is 3.72. The SMILES string of the molecule is CCO/C(=C/N=Cc1cc(-c2ncccn2)nn1CC(C)/C=C\C=C/CF)OC. The number of hydrogen-bond acceptors (Lipinski definition) is 6. The molecule has 2 aromatic heterocycles. The molecule has 8 heteroatoms. The van der Waals surface area contributed by atoms with Crippen molar-refractivity contribution < 1.29 is 13.9 Å². The van der Waals surface area contributed by atoms with E-state index in [1.54, 1.807) is 30.8 Å². The molecule has 0 aliphatic rings. The summed E-state index contributed by atoms with van der Waals surface area (Å²) in [5.74, 6) is 1.04. The highest BCUT2D eigenvalue weighted by atomic mass is 19.1. The fourth-order valence-corrected chi connectivity index (χ4v) is 2.41. The summed E-state index contributed by atoms with van der Waals surface area (Å²) in [6, 6.07) is 3.63. The van der Waals surface area contributed by atoms with Crippen molar-refractivity contribution in [2.45, 2.75) is 20.4 Å². The molecule has 29 heavy (non-hydrogen) atoms. The summed E-state index contributed by atoms with van der Waals surface area (Å²) in [5.41, 5.74) is 1.44. The zero-order chi connectivity index (χ0) is 20.9. The summed E-state index contributed by atoms with van der Waals surface area (Å²) in [7, 11) is 1.53. The molecule has 0 aromatic carbocycles. The minimum absolute atomic E-state index is 0.171. The number of alkyl halides is 1. The molecule has 0 radical (unpaired) electrons. The summed E-state index contributed by atoms with van der Waals surface area (Å²) in [4.78, 5) is 12.8. The van der Waals surface area contributed by atoms with Gasteiger partial charge in [0.1, 0.15) is 18.6 Å². The Morgan fingerprint density at radius 1 is 1.31 bits per heavy atom. The van der Waals surface area contributed by atoms with Crippen LogP contribution in [0.25, 0.3) is 11.5 Å². The standard InChI is InChI=1S/C21H26FN5O2/c1-4-29-20(28-3)15-23-14-18-13-19(21-24-11-8-12-25-21)26-27(18)16-17(2)9-6-5-7-10-22/h5-9,11-15,17H,4,10,16H2,1-3H3/b7-5-,9-6-,20-15+,23-14?. The van der Waals surface area contributed by atoms with Gasteiger partial charge in [-0.3, -0.25) is 9.67 Å². The van der Waals surface area contributed by atoms with E-state index in [1.807, 2.05) is 29.8 Å². The Kier molecular flexibility index (Phi) is 9.28. The van der Waals surface area contributed by atoms with Crippen molar-refractivity contribution in [3.8, 4) is 11.5 Å². The second-order valence-electron chi connectivity index (χ2n) is 6.02. The first-order valence-electron chi connectivity index (χ1n) is 9.32. The average molecular weight is 399 g/mol. The van der Waals surface area contributed by atoms with Gasteiger partial charge in [0.05, 0.1) is 25.6 Å². The Labute approximate surface area is 170 Å². The molecular weight excluding hydrogens is 373 g/mol. The lowest BCUT2D eigenvalue weighted by Crippen LogP contribution is -2.10. The molecule has 2 aromatic rings. The van der Waals surface area contributed by atoms with Crippen LogP contribution in [0.3, 0.4) is 0 Å². The normalized spacial score (nSPS) is 13.6. The van der Waals surface area contributed by atoms with Gasteiger partial charge in [-0.15, -0.1) is 0 Å². The Balaban J connectivity index is 2.26. The van der Waals surface area contributed by atoms with Crippen molar-refractivity contribution in [1.82, 2.24) is 19.7 Å². The summed E-state index contributed by atoms with van der Waals surface area (Å²) < 4.78 is 24.4. The minimum Gasteiger partial charge on any atom is -0.468 e. The Morgan fingerprint density at radius 3 is 2.79 bits per heavy atom. The van der Waals surface area contributed by atoms with Crippen molar-refractivity contribution in [1.29, 1.82) is 0 Å². The molecule has 1 atom stereocenters. The van der Waals surface area contributed by atoms with Crippen LogP contribution in [0.5, 0.6) is 0 Å². The van der Waals surface area contributed by atoms with E-state index in [2.05, 4.69) is 27.0 Å². The van der Waals surface area contributed by atoms with E-state index >= 15 is 0 Å². The molecular formula is C21H26FN5O2.